The Labute approximate surface area is 265 Å². The molecule has 0 saturated carbocycles. The Morgan fingerprint density at radius 3 is 1.91 bits per heavy atom. The van der Waals surface area contributed by atoms with Crippen molar-refractivity contribution in [2.45, 2.75) is 0 Å². The Morgan fingerprint density at radius 2 is 1.09 bits per heavy atom. The second kappa shape index (κ2) is 10.3. The summed E-state index contributed by atoms with van der Waals surface area (Å²) in [7, 11) is 0. The number of para-hydroxylation sites is 2. The van der Waals surface area contributed by atoms with E-state index in [0.717, 1.165) is 39.5 Å². The molecule has 0 aliphatic carbocycles. The molecule has 0 amide bonds. The number of hydrogen-bond donors (Lipinski definition) is 0. The second-order valence-corrected chi connectivity index (χ2v) is 13.9. The molecule has 1 aliphatic rings. The van der Waals surface area contributed by atoms with Crippen LogP contribution in [0.25, 0.3) is 72.5 Å². The van der Waals surface area contributed by atoms with Crippen molar-refractivity contribution in [3.63, 3.8) is 0 Å². The van der Waals surface area contributed by atoms with Gasteiger partial charge in [-0.1, -0.05) is 18.2 Å². The van der Waals surface area contributed by atoms with E-state index in [9.17, 15) is 0 Å². The van der Waals surface area contributed by atoms with Gasteiger partial charge in [0.1, 0.15) is 0 Å². The van der Waals surface area contributed by atoms with E-state index in [0.29, 0.717) is 0 Å². The van der Waals surface area contributed by atoms with Gasteiger partial charge in [-0.2, -0.15) is 0 Å². The van der Waals surface area contributed by atoms with Crippen molar-refractivity contribution in [1.29, 1.82) is 0 Å². The van der Waals surface area contributed by atoms with Gasteiger partial charge in [0.05, 0.1) is 0 Å². The quantitative estimate of drug-likeness (QED) is 0.195. The van der Waals surface area contributed by atoms with E-state index in [2.05, 4.69) is 156 Å². The summed E-state index contributed by atoms with van der Waals surface area (Å²) >= 11 is -0.172. The maximum absolute atomic E-state index is 5.29. The van der Waals surface area contributed by atoms with Gasteiger partial charge in [0, 0.05) is 0 Å². The van der Waals surface area contributed by atoms with Crippen molar-refractivity contribution >= 4 is 21.8 Å². The fraction of sp³-hybridized carbons (Fsp3) is 0. The van der Waals surface area contributed by atoms with E-state index in [4.69, 9.17) is 9.97 Å². The minimum Gasteiger partial charge on any atom is -0.0617 e. The summed E-state index contributed by atoms with van der Waals surface area (Å²) in [4.78, 5) is 10.5. The standard InChI is InChI=1S/C40H25IN3/c1-2-11-26(12-3-1)27-13-10-14-28(23-27)36-25-39(44-37-19-8-5-16-31(37)32-17-6-9-20-38(32)44)43-40(42-36)29-21-22-35-33(24-29)30-15-4-7-18-34(30)41-35/h1-25H/q-1. The molecule has 1 aliphatic heterocycles. The molecule has 2 aromatic heterocycles. The number of benzene rings is 6. The van der Waals surface area contributed by atoms with Gasteiger partial charge >= 0.3 is 249 Å². The third-order valence-corrected chi connectivity index (χ3v) is 11.4. The first kappa shape index (κ1) is 25.4. The molecule has 3 nitrogen and oxygen atoms in total. The van der Waals surface area contributed by atoms with Crippen LogP contribution in [-0.4, -0.2) is 14.5 Å². The fourth-order valence-electron chi connectivity index (χ4n) is 6.31. The molecule has 0 N–H and O–H groups in total. The number of fused-ring (bicyclic) bond motifs is 6. The minimum atomic E-state index is -0.172. The van der Waals surface area contributed by atoms with Crippen molar-refractivity contribution < 1.29 is 21.2 Å². The molecule has 0 unspecified atom stereocenters. The second-order valence-electron chi connectivity index (χ2n) is 11.0. The number of nitrogens with zero attached hydrogens (tertiary/aromatic N) is 3. The van der Waals surface area contributed by atoms with E-state index in [-0.39, 0.29) is 21.2 Å². The molecule has 44 heavy (non-hydrogen) atoms. The average molecular weight is 675 g/mol. The van der Waals surface area contributed by atoms with Crippen molar-refractivity contribution in [3.8, 4) is 50.7 Å². The summed E-state index contributed by atoms with van der Waals surface area (Å²) in [6.07, 6.45) is 0. The molecule has 3 heterocycles. The van der Waals surface area contributed by atoms with Gasteiger partial charge in [0.15, 0.2) is 0 Å². The Morgan fingerprint density at radius 1 is 0.432 bits per heavy atom. The molecule has 0 spiro atoms. The Hall–Kier alpha value is -5.07. The van der Waals surface area contributed by atoms with Crippen molar-refractivity contribution in [1.82, 2.24) is 14.5 Å². The molecule has 208 valence electrons. The first-order valence-electron chi connectivity index (χ1n) is 14.7. The minimum absolute atomic E-state index is 0.172. The third kappa shape index (κ3) is 4.17. The summed E-state index contributed by atoms with van der Waals surface area (Å²) in [6, 6.07) is 54.1. The fourth-order valence-corrected chi connectivity index (χ4v) is 9.18. The number of rotatable bonds is 4. The van der Waals surface area contributed by atoms with Crippen molar-refractivity contribution in [2.24, 2.45) is 0 Å². The van der Waals surface area contributed by atoms with E-state index in [1.807, 2.05) is 0 Å². The molecule has 0 bridgehead atoms. The summed E-state index contributed by atoms with van der Waals surface area (Å²) in [6.45, 7) is 0. The third-order valence-electron chi connectivity index (χ3n) is 8.38. The van der Waals surface area contributed by atoms with Gasteiger partial charge < -0.3 is 0 Å². The van der Waals surface area contributed by atoms with Gasteiger partial charge in [-0.05, 0) is 0 Å². The number of aromatic nitrogens is 3. The van der Waals surface area contributed by atoms with Gasteiger partial charge in [0.2, 0.25) is 0 Å². The molecule has 0 radical (unpaired) electrons. The Kier molecular flexibility index (Phi) is 5.94. The zero-order valence-electron chi connectivity index (χ0n) is 23.7. The van der Waals surface area contributed by atoms with Gasteiger partial charge in [0.25, 0.3) is 0 Å². The molecule has 0 saturated heterocycles. The van der Waals surface area contributed by atoms with E-state index in [1.54, 1.807) is 0 Å². The average Bonchev–Trinajstić information content (AvgIpc) is 3.64. The molecule has 8 aromatic rings. The topological polar surface area (TPSA) is 30.7 Å². The predicted octanol–water partition coefficient (Wildman–Crippen LogP) is 6.68. The van der Waals surface area contributed by atoms with Crippen LogP contribution >= 0.6 is 0 Å². The van der Waals surface area contributed by atoms with Crippen molar-refractivity contribution in [3.05, 3.63) is 159 Å². The molecular formula is C40H25IN3-. The molecular weight excluding hydrogens is 649 g/mol. The molecule has 0 atom stereocenters. The Balaban J connectivity index is 1.29. The van der Waals surface area contributed by atoms with Crippen LogP contribution in [-0.2, 0) is 0 Å². The molecule has 6 aromatic carbocycles. The monoisotopic (exact) mass is 674 g/mol. The van der Waals surface area contributed by atoms with Crippen LogP contribution in [0.2, 0.25) is 0 Å². The number of halogens is 1. The number of hydrogen-bond acceptors (Lipinski definition) is 2. The predicted molar refractivity (Wildman–Crippen MR) is 176 cm³/mol. The molecule has 9 rings (SSSR count). The summed E-state index contributed by atoms with van der Waals surface area (Å²) in [5, 5.41) is 2.43. The zero-order valence-corrected chi connectivity index (χ0v) is 25.8. The maximum atomic E-state index is 5.29. The van der Waals surface area contributed by atoms with Gasteiger partial charge in [-0.3, -0.25) is 0 Å². The zero-order chi connectivity index (χ0) is 29.0. The van der Waals surface area contributed by atoms with Crippen LogP contribution in [0.1, 0.15) is 0 Å². The summed E-state index contributed by atoms with van der Waals surface area (Å²) in [5.41, 5.74) is 10.3. The normalized spacial score (nSPS) is 12.2. The Bertz CT molecular complexity index is 2320. The van der Waals surface area contributed by atoms with Crippen LogP contribution in [0.15, 0.2) is 152 Å². The van der Waals surface area contributed by atoms with Crippen LogP contribution in [0, 0.1) is 7.14 Å². The van der Waals surface area contributed by atoms with Crippen LogP contribution < -0.4 is 21.2 Å². The summed E-state index contributed by atoms with van der Waals surface area (Å²) < 4.78 is 5.23. The van der Waals surface area contributed by atoms with E-state index < -0.39 is 0 Å². The van der Waals surface area contributed by atoms with E-state index >= 15 is 0 Å². The first-order chi connectivity index (χ1) is 21.8. The molecule has 0 fully saturated rings. The SMILES string of the molecule is c1ccc(-c2cccc(-c3cc(-n4c5ccccc5c5ccccc54)nc(-c4ccc5c(c4)-c4ccccc4[I-]5)n3)c2)cc1. The van der Waals surface area contributed by atoms with Crippen LogP contribution in [0.3, 0.4) is 0 Å². The van der Waals surface area contributed by atoms with Gasteiger partial charge in [-0.15, -0.1) is 0 Å². The van der Waals surface area contributed by atoms with Crippen molar-refractivity contribution in [2.75, 3.05) is 0 Å². The van der Waals surface area contributed by atoms with Gasteiger partial charge in [-0.25, -0.2) is 0 Å². The smallest absolute Gasteiger partial charge is 0.0617 e. The van der Waals surface area contributed by atoms with E-state index in [1.165, 1.54) is 40.2 Å². The first-order valence-corrected chi connectivity index (χ1v) is 16.9. The van der Waals surface area contributed by atoms with Crippen LogP contribution in [0.4, 0.5) is 0 Å². The molecule has 4 heteroatoms. The summed E-state index contributed by atoms with van der Waals surface area (Å²) in [5.74, 6) is 1.59. The van der Waals surface area contributed by atoms with Crippen LogP contribution in [0.5, 0.6) is 0 Å².